The van der Waals surface area contributed by atoms with Crippen molar-refractivity contribution in [3.63, 3.8) is 0 Å². The summed E-state index contributed by atoms with van der Waals surface area (Å²) in [5, 5.41) is 10.8. The smallest absolute Gasteiger partial charge is 0.310 e. The van der Waals surface area contributed by atoms with E-state index in [1.807, 2.05) is 0 Å². The van der Waals surface area contributed by atoms with Gasteiger partial charge in [0.15, 0.2) is 0 Å². The molecule has 0 aliphatic rings. The van der Waals surface area contributed by atoms with Crippen LogP contribution in [0.1, 0.15) is 26.7 Å². The van der Waals surface area contributed by atoms with Crippen molar-refractivity contribution in [2.75, 3.05) is 13.2 Å². The number of carbonyl (C=O) groups is 3. The van der Waals surface area contributed by atoms with Crippen LogP contribution in [0.15, 0.2) is 0 Å². The minimum absolute atomic E-state index is 0.0785. The zero-order chi connectivity index (χ0) is 12.6. The summed E-state index contributed by atoms with van der Waals surface area (Å²) in [6, 6.07) is 0. The summed E-state index contributed by atoms with van der Waals surface area (Å²) in [5.74, 6) is -2.19. The van der Waals surface area contributed by atoms with Crippen LogP contribution >= 0.6 is 0 Å². The highest BCUT2D eigenvalue weighted by atomic mass is 16.5. The second kappa shape index (κ2) is 7.67. The van der Waals surface area contributed by atoms with Gasteiger partial charge < -0.3 is 15.2 Å². The zero-order valence-electron chi connectivity index (χ0n) is 9.49. The summed E-state index contributed by atoms with van der Waals surface area (Å²) in [6.45, 7) is 3.80. The number of carboxylic acids is 1. The standard InChI is InChI=1S/C10H17NO5/c1-3-16-10(15)7(2)6-11-8(12)4-5-9(13)14/h7H,3-6H2,1-2H3,(H,11,12)(H,13,14)/t7-/m1/s1. The minimum atomic E-state index is -1.02. The molecular weight excluding hydrogens is 214 g/mol. The molecule has 0 heterocycles. The Labute approximate surface area is 94.0 Å². The average Bonchev–Trinajstić information content (AvgIpc) is 2.23. The van der Waals surface area contributed by atoms with Crippen molar-refractivity contribution in [2.45, 2.75) is 26.7 Å². The third-order valence-electron chi connectivity index (χ3n) is 1.86. The van der Waals surface area contributed by atoms with Crippen molar-refractivity contribution in [1.29, 1.82) is 0 Å². The van der Waals surface area contributed by atoms with Crippen LogP contribution in [-0.4, -0.2) is 36.1 Å². The molecule has 0 fully saturated rings. The number of nitrogens with one attached hydrogen (secondary N) is 1. The molecule has 0 spiro atoms. The first kappa shape index (κ1) is 14.4. The summed E-state index contributed by atoms with van der Waals surface area (Å²) < 4.78 is 4.75. The van der Waals surface area contributed by atoms with Crippen molar-refractivity contribution in [3.8, 4) is 0 Å². The molecule has 0 aromatic carbocycles. The van der Waals surface area contributed by atoms with Gasteiger partial charge in [-0.1, -0.05) is 6.92 Å². The maximum atomic E-state index is 11.2. The number of ether oxygens (including phenoxy) is 1. The fourth-order valence-electron chi connectivity index (χ4n) is 0.944. The molecule has 1 amide bonds. The predicted octanol–water partition coefficient (Wildman–Crippen LogP) is 0.167. The fourth-order valence-corrected chi connectivity index (χ4v) is 0.944. The van der Waals surface area contributed by atoms with E-state index in [-0.39, 0.29) is 31.3 Å². The molecule has 0 saturated heterocycles. The Kier molecular flexibility index (Phi) is 6.91. The van der Waals surface area contributed by atoms with Gasteiger partial charge in [-0.2, -0.15) is 0 Å². The Morgan fingerprint density at radius 2 is 1.94 bits per heavy atom. The van der Waals surface area contributed by atoms with E-state index in [1.165, 1.54) is 0 Å². The summed E-state index contributed by atoms with van der Waals surface area (Å²) in [5.41, 5.74) is 0. The predicted molar refractivity (Wildman–Crippen MR) is 55.7 cm³/mol. The summed E-state index contributed by atoms with van der Waals surface area (Å²) >= 11 is 0. The third-order valence-corrected chi connectivity index (χ3v) is 1.86. The molecule has 0 radical (unpaired) electrons. The molecule has 2 N–H and O–H groups in total. The third kappa shape index (κ3) is 6.80. The van der Waals surface area contributed by atoms with E-state index < -0.39 is 11.9 Å². The maximum absolute atomic E-state index is 11.2. The van der Waals surface area contributed by atoms with E-state index in [0.29, 0.717) is 6.61 Å². The lowest BCUT2D eigenvalue weighted by molar-refractivity contribution is -0.147. The van der Waals surface area contributed by atoms with Gasteiger partial charge in [0.2, 0.25) is 5.91 Å². The number of rotatable bonds is 7. The first-order chi connectivity index (χ1) is 7.47. The summed E-state index contributed by atoms with van der Waals surface area (Å²) in [7, 11) is 0. The molecule has 16 heavy (non-hydrogen) atoms. The monoisotopic (exact) mass is 231 g/mol. The van der Waals surface area contributed by atoms with Crippen molar-refractivity contribution in [2.24, 2.45) is 5.92 Å². The fraction of sp³-hybridized carbons (Fsp3) is 0.700. The lowest BCUT2D eigenvalue weighted by Gasteiger charge is -2.11. The lowest BCUT2D eigenvalue weighted by atomic mass is 10.2. The van der Waals surface area contributed by atoms with Crippen molar-refractivity contribution in [1.82, 2.24) is 5.32 Å². The number of hydrogen-bond acceptors (Lipinski definition) is 4. The van der Waals surface area contributed by atoms with Crippen LogP contribution in [0.25, 0.3) is 0 Å². The molecule has 0 aromatic rings. The molecule has 0 aromatic heterocycles. The number of carbonyl (C=O) groups excluding carboxylic acids is 2. The highest BCUT2D eigenvalue weighted by Gasteiger charge is 2.15. The van der Waals surface area contributed by atoms with E-state index in [2.05, 4.69) is 5.32 Å². The van der Waals surface area contributed by atoms with Crippen molar-refractivity contribution < 1.29 is 24.2 Å². The molecule has 0 aliphatic carbocycles. The largest absolute Gasteiger partial charge is 0.481 e. The van der Waals surface area contributed by atoms with Crippen LogP contribution in [0.4, 0.5) is 0 Å². The molecule has 0 bridgehead atoms. The zero-order valence-corrected chi connectivity index (χ0v) is 9.49. The Bertz CT molecular complexity index is 264. The Morgan fingerprint density at radius 1 is 1.31 bits per heavy atom. The van der Waals surface area contributed by atoms with Gasteiger partial charge in [-0.05, 0) is 6.92 Å². The molecule has 6 heteroatoms. The van der Waals surface area contributed by atoms with Gasteiger partial charge in [0.1, 0.15) is 0 Å². The second-order valence-electron chi connectivity index (χ2n) is 3.35. The number of amides is 1. The van der Waals surface area contributed by atoms with Gasteiger partial charge in [-0.25, -0.2) is 0 Å². The minimum Gasteiger partial charge on any atom is -0.481 e. The molecule has 1 atom stereocenters. The Morgan fingerprint density at radius 3 is 2.44 bits per heavy atom. The Balaban J connectivity index is 3.74. The average molecular weight is 231 g/mol. The molecule has 0 unspecified atom stereocenters. The van der Waals surface area contributed by atoms with E-state index in [9.17, 15) is 14.4 Å². The van der Waals surface area contributed by atoms with Crippen LogP contribution in [0.3, 0.4) is 0 Å². The van der Waals surface area contributed by atoms with Crippen molar-refractivity contribution >= 4 is 17.8 Å². The van der Waals surface area contributed by atoms with E-state index in [4.69, 9.17) is 9.84 Å². The highest BCUT2D eigenvalue weighted by molar-refractivity contribution is 5.81. The quantitative estimate of drug-likeness (QED) is 0.609. The van der Waals surface area contributed by atoms with Gasteiger partial charge in [0.05, 0.1) is 18.9 Å². The lowest BCUT2D eigenvalue weighted by Crippen LogP contribution is -2.32. The second-order valence-corrected chi connectivity index (χ2v) is 3.35. The van der Waals surface area contributed by atoms with E-state index in [1.54, 1.807) is 13.8 Å². The summed E-state index contributed by atoms with van der Waals surface area (Å²) in [4.78, 5) is 32.4. The Hall–Kier alpha value is -1.59. The molecule has 92 valence electrons. The maximum Gasteiger partial charge on any atom is 0.310 e. The first-order valence-electron chi connectivity index (χ1n) is 5.12. The van der Waals surface area contributed by atoms with Gasteiger partial charge in [-0.3, -0.25) is 14.4 Å². The van der Waals surface area contributed by atoms with Crippen LogP contribution in [-0.2, 0) is 19.1 Å². The van der Waals surface area contributed by atoms with Crippen LogP contribution < -0.4 is 5.32 Å². The normalized spacial score (nSPS) is 11.6. The van der Waals surface area contributed by atoms with E-state index >= 15 is 0 Å². The number of esters is 1. The summed E-state index contributed by atoms with van der Waals surface area (Å²) in [6.07, 6.45) is -0.287. The number of aliphatic carboxylic acids is 1. The van der Waals surface area contributed by atoms with Crippen LogP contribution in [0.5, 0.6) is 0 Å². The molecule has 0 rings (SSSR count). The topological polar surface area (TPSA) is 92.7 Å². The van der Waals surface area contributed by atoms with Gasteiger partial charge >= 0.3 is 11.9 Å². The SMILES string of the molecule is CCOC(=O)[C@H](C)CNC(=O)CCC(=O)O. The van der Waals surface area contributed by atoms with Gasteiger partial charge in [-0.15, -0.1) is 0 Å². The van der Waals surface area contributed by atoms with Gasteiger partial charge in [0.25, 0.3) is 0 Å². The highest BCUT2D eigenvalue weighted by Crippen LogP contribution is 1.97. The van der Waals surface area contributed by atoms with E-state index in [0.717, 1.165) is 0 Å². The molecule has 6 nitrogen and oxygen atoms in total. The van der Waals surface area contributed by atoms with Crippen LogP contribution in [0.2, 0.25) is 0 Å². The van der Waals surface area contributed by atoms with Crippen LogP contribution in [0, 0.1) is 5.92 Å². The van der Waals surface area contributed by atoms with Gasteiger partial charge in [0, 0.05) is 13.0 Å². The molecular formula is C10H17NO5. The molecule has 0 aliphatic heterocycles. The first-order valence-corrected chi connectivity index (χ1v) is 5.12. The van der Waals surface area contributed by atoms with Crippen molar-refractivity contribution in [3.05, 3.63) is 0 Å². The molecule has 0 saturated carbocycles. The number of carboxylic acid groups (broad SMARTS) is 1. The number of hydrogen-bond donors (Lipinski definition) is 2.